The fraction of sp³-hybridized carbons (Fsp3) is 0.192. The Morgan fingerprint density at radius 1 is 0.971 bits per heavy atom. The number of anilines is 1. The summed E-state index contributed by atoms with van der Waals surface area (Å²) in [4.78, 5) is 27.9. The highest BCUT2D eigenvalue weighted by Gasteiger charge is 2.32. The molecule has 8 heteroatoms. The van der Waals surface area contributed by atoms with Crippen molar-refractivity contribution in [2.75, 3.05) is 31.1 Å². The van der Waals surface area contributed by atoms with Gasteiger partial charge in [-0.05, 0) is 48.0 Å². The fourth-order valence-electron chi connectivity index (χ4n) is 4.32. The van der Waals surface area contributed by atoms with Crippen LogP contribution in [0.1, 0.15) is 21.5 Å². The molecule has 3 aromatic carbocycles. The van der Waals surface area contributed by atoms with Gasteiger partial charge in [-0.25, -0.2) is 0 Å². The summed E-state index contributed by atoms with van der Waals surface area (Å²) in [6, 6.07) is 19.3. The van der Waals surface area contributed by atoms with Crippen molar-refractivity contribution in [2.45, 2.75) is 6.54 Å². The first kappa shape index (κ1) is 21.7. The van der Waals surface area contributed by atoms with Gasteiger partial charge in [0.25, 0.3) is 5.69 Å². The van der Waals surface area contributed by atoms with E-state index in [1.54, 1.807) is 24.3 Å². The summed E-state index contributed by atoms with van der Waals surface area (Å²) in [6.45, 7) is 3.83. The van der Waals surface area contributed by atoms with Gasteiger partial charge in [-0.2, -0.15) is 0 Å². The first-order valence-electron chi connectivity index (χ1n) is 11.1. The molecule has 0 unspecified atom stereocenters. The Morgan fingerprint density at radius 3 is 2.35 bits per heavy atom. The highest BCUT2D eigenvalue weighted by molar-refractivity contribution is 6.15. The lowest BCUT2D eigenvalue weighted by molar-refractivity contribution is -0.384. The molecule has 3 aromatic rings. The quantitative estimate of drug-likeness (QED) is 0.348. The van der Waals surface area contributed by atoms with Crippen molar-refractivity contribution in [3.8, 4) is 11.5 Å². The number of carbonyl (C=O) groups is 1. The van der Waals surface area contributed by atoms with Gasteiger partial charge in [0.15, 0.2) is 5.76 Å². The van der Waals surface area contributed by atoms with Crippen molar-refractivity contribution in [2.24, 2.45) is 0 Å². The number of para-hydroxylation sites is 1. The average molecular weight is 457 g/mol. The zero-order chi connectivity index (χ0) is 23.7. The number of fused-ring (bicyclic) bond motifs is 1. The maximum atomic E-state index is 12.9. The summed E-state index contributed by atoms with van der Waals surface area (Å²) in [5.41, 5.74) is 2.78. The molecule has 2 aliphatic rings. The van der Waals surface area contributed by atoms with E-state index < -0.39 is 4.92 Å². The predicted molar refractivity (Wildman–Crippen MR) is 128 cm³/mol. The molecule has 172 valence electrons. The van der Waals surface area contributed by atoms with E-state index in [2.05, 4.69) is 21.9 Å². The van der Waals surface area contributed by atoms with Crippen LogP contribution in [0, 0.1) is 10.1 Å². The molecule has 2 heterocycles. The summed E-state index contributed by atoms with van der Waals surface area (Å²) in [5.74, 6) is 0.324. The number of allylic oxidation sites excluding steroid dienone is 1. The molecule has 0 amide bonds. The zero-order valence-electron chi connectivity index (χ0n) is 18.4. The molecule has 0 aromatic heterocycles. The van der Waals surface area contributed by atoms with Crippen LogP contribution in [0.2, 0.25) is 0 Å². The van der Waals surface area contributed by atoms with E-state index in [1.807, 2.05) is 18.2 Å². The Balaban J connectivity index is 1.32. The Morgan fingerprint density at radius 2 is 1.68 bits per heavy atom. The number of phenols is 1. The molecule has 1 N–H and O–H groups in total. The number of Topliss-reactive ketones (excluding diaryl/α,β-unsaturated/α-hetero) is 1. The van der Waals surface area contributed by atoms with Crippen molar-refractivity contribution >= 4 is 23.2 Å². The minimum absolute atomic E-state index is 0.0244. The first-order valence-corrected chi connectivity index (χ1v) is 11.1. The Hall–Kier alpha value is -4.17. The number of nitrogens with zero attached hydrogens (tertiary/aromatic N) is 3. The van der Waals surface area contributed by atoms with Crippen molar-refractivity contribution in [1.29, 1.82) is 0 Å². The Bertz CT molecular complexity index is 1260. The molecule has 0 bridgehead atoms. The lowest BCUT2D eigenvalue weighted by atomic mass is 10.0. The molecular weight excluding hydrogens is 434 g/mol. The smallest absolute Gasteiger partial charge is 0.269 e. The number of aromatic hydroxyl groups is 1. The van der Waals surface area contributed by atoms with Gasteiger partial charge < -0.3 is 14.7 Å². The second kappa shape index (κ2) is 8.99. The molecule has 0 atom stereocenters. The summed E-state index contributed by atoms with van der Waals surface area (Å²) in [7, 11) is 0. The van der Waals surface area contributed by atoms with Crippen molar-refractivity contribution in [3.63, 3.8) is 0 Å². The molecule has 34 heavy (non-hydrogen) atoms. The number of hydrogen-bond acceptors (Lipinski definition) is 7. The number of carbonyl (C=O) groups excluding carboxylic acids is 1. The number of ketones is 1. The third-order valence-electron chi connectivity index (χ3n) is 6.19. The average Bonchev–Trinajstić information content (AvgIpc) is 3.17. The number of benzene rings is 3. The normalized spacial score (nSPS) is 17.0. The predicted octanol–water partition coefficient (Wildman–Crippen LogP) is 4.24. The summed E-state index contributed by atoms with van der Waals surface area (Å²) in [6.07, 6.45) is 1.56. The van der Waals surface area contributed by atoms with Crippen LogP contribution in [0.15, 0.2) is 72.5 Å². The minimum atomic E-state index is -0.473. The number of rotatable bonds is 5. The minimum Gasteiger partial charge on any atom is -0.507 e. The topological polar surface area (TPSA) is 96.1 Å². The van der Waals surface area contributed by atoms with Crippen LogP contribution in [-0.4, -0.2) is 46.9 Å². The molecule has 5 rings (SSSR count). The van der Waals surface area contributed by atoms with Crippen LogP contribution in [0.25, 0.3) is 6.08 Å². The van der Waals surface area contributed by atoms with Crippen LogP contribution >= 0.6 is 0 Å². The lowest BCUT2D eigenvalue weighted by Gasteiger charge is -2.36. The maximum Gasteiger partial charge on any atom is 0.269 e. The fourth-order valence-corrected chi connectivity index (χ4v) is 4.32. The molecule has 0 spiro atoms. The van der Waals surface area contributed by atoms with Gasteiger partial charge in [0.05, 0.1) is 16.1 Å². The van der Waals surface area contributed by atoms with E-state index in [4.69, 9.17) is 4.74 Å². The van der Waals surface area contributed by atoms with Crippen molar-refractivity contribution < 1.29 is 19.6 Å². The SMILES string of the molecule is O=C1/C(=C\c2ccc([N+](=O)[O-])cc2)Oc2c1ccc(O)c2CN1CCN(c2ccccc2)CC1. The van der Waals surface area contributed by atoms with E-state index in [0.29, 0.717) is 29.0 Å². The van der Waals surface area contributed by atoms with E-state index in [0.717, 1.165) is 26.2 Å². The van der Waals surface area contributed by atoms with Gasteiger partial charge in [-0.15, -0.1) is 0 Å². The second-order valence-corrected chi connectivity index (χ2v) is 8.33. The number of non-ortho nitro benzene ring substituents is 1. The zero-order valence-corrected chi connectivity index (χ0v) is 18.4. The van der Waals surface area contributed by atoms with Gasteiger partial charge in [-0.1, -0.05) is 18.2 Å². The lowest BCUT2D eigenvalue weighted by Crippen LogP contribution is -2.46. The van der Waals surface area contributed by atoms with E-state index in [-0.39, 0.29) is 23.0 Å². The van der Waals surface area contributed by atoms with Gasteiger partial charge in [0.2, 0.25) is 5.78 Å². The van der Waals surface area contributed by atoms with E-state index >= 15 is 0 Å². The monoisotopic (exact) mass is 457 g/mol. The molecule has 1 fully saturated rings. The van der Waals surface area contributed by atoms with E-state index in [9.17, 15) is 20.0 Å². The van der Waals surface area contributed by atoms with Crippen LogP contribution < -0.4 is 9.64 Å². The Labute approximate surface area is 196 Å². The summed E-state index contributed by atoms with van der Waals surface area (Å²) < 4.78 is 5.93. The van der Waals surface area contributed by atoms with E-state index in [1.165, 1.54) is 23.9 Å². The molecular formula is C26H23N3O5. The van der Waals surface area contributed by atoms with Gasteiger partial charge in [0.1, 0.15) is 11.5 Å². The van der Waals surface area contributed by atoms with Crippen LogP contribution in [-0.2, 0) is 6.54 Å². The maximum absolute atomic E-state index is 12.9. The van der Waals surface area contributed by atoms with Crippen LogP contribution in [0.5, 0.6) is 11.5 Å². The van der Waals surface area contributed by atoms with Crippen LogP contribution in [0.4, 0.5) is 11.4 Å². The number of piperazine rings is 1. The van der Waals surface area contributed by atoms with Gasteiger partial charge in [0, 0.05) is 50.5 Å². The highest BCUT2D eigenvalue weighted by Crippen LogP contribution is 2.40. The Kier molecular flexibility index (Phi) is 5.73. The molecule has 0 saturated carbocycles. The summed E-state index contributed by atoms with van der Waals surface area (Å²) >= 11 is 0. The number of phenolic OH excluding ortho intramolecular Hbond substituents is 1. The van der Waals surface area contributed by atoms with Crippen LogP contribution in [0.3, 0.4) is 0 Å². The number of nitro groups is 1. The number of ether oxygens (including phenoxy) is 1. The van der Waals surface area contributed by atoms with Gasteiger partial charge >= 0.3 is 0 Å². The number of hydrogen-bond donors (Lipinski definition) is 1. The second-order valence-electron chi connectivity index (χ2n) is 8.33. The standard InChI is InChI=1S/C26H23N3O5/c30-23-11-10-21-25(31)24(16-18-6-8-20(9-7-18)29(32)33)34-26(21)22(23)17-27-12-14-28(15-13-27)19-4-2-1-3-5-19/h1-11,16,30H,12-15,17H2/b24-16+. The molecule has 2 aliphatic heterocycles. The molecule has 0 aliphatic carbocycles. The number of nitro benzene ring substituents is 1. The highest BCUT2D eigenvalue weighted by atomic mass is 16.6. The van der Waals surface area contributed by atoms with Crippen molar-refractivity contribution in [1.82, 2.24) is 4.90 Å². The molecule has 1 saturated heterocycles. The largest absolute Gasteiger partial charge is 0.507 e. The molecule has 8 nitrogen and oxygen atoms in total. The third kappa shape index (κ3) is 4.23. The third-order valence-corrected chi connectivity index (χ3v) is 6.19. The van der Waals surface area contributed by atoms with Gasteiger partial charge in [-0.3, -0.25) is 19.8 Å². The summed E-state index contributed by atoms with van der Waals surface area (Å²) in [5, 5.41) is 21.4. The molecule has 0 radical (unpaired) electrons. The van der Waals surface area contributed by atoms with Crippen molar-refractivity contribution in [3.05, 3.63) is 99.3 Å². The first-order chi connectivity index (χ1) is 16.5.